The number of H-pyrrole nitrogens is 1. The topological polar surface area (TPSA) is 89.1 Å². The van der Waals surface area contributed by atoms with Crippen molar-refractivity contribution < 1.29 is 14.3 Å². The van der Waals surface area contributed by atoms with Crippen molar-refractivity contribution in [3.63, 3.8) is 0 Å². The van der Waals surface area contributed by atoms with Gasteiger partial charge in [0.2, 0.25) is 5.88 Å². The molecule has 2 N–H and O–H groups in total. The average Bonchev–Trinajstić information content (AvgIpc) is 3.05. The number of carbonyl (C=O) groups is 1. The van der Waals surface area contributed by atoms with Crippen LogP contribution in [0, 0.1) is 0 Å². The lowest BCUT2D eigenvalue weighted by molar-refractivity contribution is 0.101. The number of aromatic nitrogens is 3. The van der Waals surface area contributed by atoms with Gasteiger partial charge in [-0.3, -0.25) is 9.89 Å². The molecule has 0 atom stereocenters. The van der Waals surface area contributed by atoms with Crippen LogP contribution in [0.5, 0.6) is 5.88 Å². The van der Waals surface area contributed by atoms with E-state index >= 15 is 0 Å². The van der Waals surface area contributed by atoms with E-state index in [2.05, 4.69) is 20.5 Å². The van der Waals surface area contributed by atoms with E-state index in [9.17, 15) is 4.79 Å². The number of fused-ring (bicyclic) bond motifs is 1. The zero-order valence-corrected chi connectivity index (χ0v) is 12.6. The second kappa shape index (κ2) is 6.89. The molecule has 3 rings (SSSR count). The van der Waals surface area contributed by atoms with Gasteiger partial charge in [0.05, 0.1) is 24.0 Å². The Morgan fingerprint density at radius 1 is 1.26 bits per heavy atom. The van der Waals surface area contributed by atoms with Gasteiger partial charge in [0.25, 0.3) is 5.91 Å². The second-order valence-corrected chi connectivity index (χ2v) is 4.79. The van der Waals surface area contributed by atoms with Crippen molar-refractivity contribution >= 4 is 22.5 Å². The summed E-state index contributed by atoms with van der Waals surface area (Å²) >= 11 is 0. The quantitative estimate of drug-likeness (QED) is 0.681. The van der Waals surface area contributed by atoms with Crippen molar-refractivity contribution in [3.05, 3.63) is 48.3 Å². The van der Waals surface area contributed by atoms with Crippen LogP contribution in [-0.2, 0) is 4.74 Å². The van der Waals surface area contributed by atoms with Crippen LogP contribution >= 0.6 is 0 Å². The maximum atomic E-state index is 12.5. The standard InChI is InChI=1S/C16H16N4O3/c1-22-8-9-23-16-12(5-3-7-17-16)15(21)19-13-6-2-4-11-10-18-20-14(11)13/h2-7,10H,8-9H2,1H3,(H,18,20)(H,19,21). The van der Waals surface area contributed by atoms with Gasteiger partial charge in [0.1, 0.15) is 12.2 Å². The zero-order chi connectivity index (χ0) is 16.1. The van der Waals surface area contributed by atoms with Gasteiger partial charge < -0.3 is 14.8 Å². The fourth-order valence-electron chi connectivity index (χ4n) is 2.16. The Balaban J connectivity index is 1.82. The number of para-hydroxylation sites is 1. The summed E-state index contributed by atoms with van der Waals surface area (Å²) in [7, 11) is 1.58. The number of hydrogen-bond donors (Lipinski definition) is 2. The predicted octanol–water partition coefficient (Wildman–Crippen LogP) is 2.24. The summed E-state index contributed by atoms with van der Waals surface area (Å²) in [5.74, 6) is -0.0218. The first-order valence-corrected chi connectivity index (χ1v) is 7.10. The monoisotopic (exact) mass is 312 g/mol. The molecule has 0 unspecified atom stereocenters. The van der Waals surface area contributed by atoms with Gasteiger partial charge >= 0.3 is 0 Å². The molecule has 0 saturated carbocycles. The molecule has 0 bridgehead atoms. The maximum absolute atomic E-state index is 12.5. The summed E-state index contributed by atoms with van der Waals surface area (Å²) in [6, 6.07) is 8.93. The molecule has 0 radical (unpaired) electrons. The van der Waals surface area contributed by atoms with Crippen LogP contribution in [-0.4, -0.2) is 41.4 Å². The number of nitrogens with one attached hydrogen (secondary N) is 2. The first-order valence-electron chi connectivity index (χ1n) is 7.10. The Labute approximate surface area is 132 Å². The van der Waals surface area contributed by atoms with Crippen molar-refractivity contribution in [2.75, 3.05) is 25.6 Å². The smallest absolute Gasteiger partial charge is 0.261 e. The number of ether oxygens (including phenoxy) is 2. The van der Waals surface area contributed by atoms with Crippen LogP contribution in [0.3, 0.4) is 0 Å². The van der Waals surface area contributed by atoms with E-state index in [1.165, 1.54) is 0 Å². The van der Waals surface area contributed by atoms with Crippen LogP contribution in [0.2, 0.25) is 0 Å². The van der Waals surface area contributed by atoms with E-state index in [1.54, 1.807) is 37.7 Å². The van der Waals surface area contributed by atoms with Crippen LogP contribution < -0.4 is 10.1 Å². The first-order chi connectivity index (χ1) is 11.3. The highest BCUT2D eigenvalue weighted by molar-refractivity contribution is 6.09. The number of aromatic amines is 1. The number of anilines is 1. The van der Waals surface area contributed by atoms with E-state index in [0.717, 1.165) is 10.9 Å². The van der Waals surface area contributed by atoms with Crippen molar-refractivity contribution in [1.82, 2.24) is 15.2 Å². The van der Waals surface area contributed by atoms with Gasteiger partial charge in [-0.05, 0) is 18.2 Å². The minimum absolute atomic E-state index is 0.277. The molecule has 118 valence electrons. The molecule has 2 aromatic heterocycles. The number of benzene rings is 1. The average molecular weight is 312 g/mol. The van der Waals surface area contributed by atoms with E-state index < -0.39 is 0 Å². The summed E-state index contributed by atoms with van der Waals surface area (Å²) < 4.78 is 10.4. The van der Waals surface area contributed by atoms with Gasteiger partial charge in [-0.15, -0.1) is 0 Å². The van der Waals surface area contributed by atoms with E-state index in [-0.39, 0.29) is 11.8 Å². The third-order valence-corrected chi connectivity index (χ3v) is 3.27. The molecular formula is C16H16N4O3. The van der Waals surface area contributed by atoms with Crippen LogP contribution in [0.25, 0.3) is 10.9 Å². The number of methoxy groups -OCH3 is 1. The molecule has 0 aliphatic heterocycles. The summed E-state index contributed by atoms with van der Waals surface area (Å²) in [6.45, 7) is 0.745. The summed E-state index contributed by atoms with van der Waals surface area (Å²) in [5, 5.41) is 10.6. The van der Waals surface area contributed by atoms with E-state index in [0.29, 0.717) is 24.5 Å². The molecule has 2 heterocycles. The van der Waals surface area contributed by atoms with Crippen LogP contribution in [0.1, 0.15) is 10.4 Å². The molecular weight excluding hydrogens is 296 g/mol. The van der Waals surface area contributed by atoms with Crippen molar-refractivity contribution in [3.8, 4) is 5.88 Å². The highest BCUT2D eigenvalue weighted by Crippen LogP contribution is 2.22. The van der Waals surface area contributed by atoms with Crippen molar-refractivity contribution in [1.29, 1.82) is 0 Å². The Kier molecular flexibility index (Phi) is 4.49. The number of carbonyl (C=O) groups excluding carboxylic acids is 1. The molecule has 7 nitrogen and oxygen atoms in total. The van der Waals surface area contributed by atoms with Gasteiger partial charge in [0.15, 0.2) is 0 Å². The normalized spacial score (nSPS) is 10.7. The number of nitrogens with zero attached hydrogens (tertiary/aromatic N) is 2. The third-order valence-electron chi connectivity index (χ3n) is 3.27. The molecule has 0 aliphatic rings. The minimum atomic E-state index is -0.299. The molecule has 0 fully saturated rings. The molecule has 0 saturated heterocycles. The Hall–Kier alpha value is -2.93. The molecule has 1 aromatic carbocycles. The molecule has 1 amide bonds. The number of hydrogen-bond acceptors (Lipinski definition) is 5. The Morgan fingerprint density at radius 2 is 2.17 bits per heavy atom. The molecule has 3 aromatic rings. The highest BCUT2D eigenvalue weighted by Gasteiger charge is 2.15. The molecule has 7 heteroatoms. The van der Waals surface area contributed by atoms with Crippen molar-refractivity contribution in [2.24, 2.45) is 0 Å². The fourth-order valence-corrected chi connectivity index (χ4v) is 2.16. The van der Waals surface area contributed by atoms with E-state index in [1.807, 2.05) is 12.1 Å². The van der Waals surface area contributed by atoms with Gasteiger partial charge in [-0.2, -0.15) is 5.10 Å². The van der Waals surface area contributed by atoms with E-state index in [4.69, 9.17) is 9.47 Å². The Morgan fingerprint density at radius 3 is 3.04 bits per heavy atom. The Bertz CT molecular complexity index is 816. The minimum Gasteiger partial charge on any atom is -0.475 e. The van der Waals surface area contributed by atoms with Crippen molar-refractivity contribution in [2.45, 2.75) is 0 Å². The fraction of sp³-hybridized carbons (Fsp3) is 0.188. The second-order valence-electron chi connectivity index (χ2n) is 4.79. The number of amides is 1. The lowest BCUT2D eigenvalue weighted by atomic mass is 10.2. The molecule has 23 heavy (non-hydrogen) atoms. The van der Waals surface area contributed by atoms with Crippen LogP contribution in [0.4, 0.5) is 5.69 Å². The third kappa shape index (κ3) is 3.29. The van der Waals surface area contributed by atoms with Gasteiger partial charge in [-0.1, -0.05) is 12.1 Å². The SMILES string of the molecule is COCCOc1ncccc1C(=O)Nc1cccc2cn[nH]c12. The molecule has 0 aliphatic carbocycles. The summed E-state index contributed by atoms with van der Waals surface area (Å²) in [6.07, 6.45) is 3.28. The number of pyridine rings is 1. The molecule has 0 spiro atoms. The number of rotatable bonds is 6. The lowest BCUT2D eigenvalue weighted by Gasteiger charge is -2.10. The van der Waals surface area contributed by atoms with Crippen LogP contribution in [0.15, 0.2) is 42.7 Å². The predicted molar refractivity (Wildman–Crippen MR) is 85.7 cm³/mol. The summed E-state index contributed by atoms with van der Waals surface area (Å²) in [5.41, 5.74) is 1.78. The van der Waals surface area contributed by atoms with Gasteiger partial charge in [-0.25, -0.2) is 4.98 Å². The summed E-state index contributed by atoms with van der Waals surface area (Å²) in [4.78, 5) is 16.6. The van der Waals surface area contributed by atoms with Gasteiger partial charge in [0, 0.05) is 18.7 Å². The lowest BCUT2D eigenvalue weighted by Crippen LogP contribution is -2.16. The zero-order valence-electron chi connectivity index (χ0n) is 12.6. The first kappa shape index (κ1) is 15.0. The largest absolute Gasteiger partial charge is 0.475 e. The maximum Gasteiger partial charge on any atom is 0.261 e. The highest BCUT2D eigenvalue weighted by atomic mass is 16.5.